The van der Waals surface area contributed by atoms with Crippen molar-refractivity contribution in [2.45, 2.75) is 32.9 Å². The largest absolute Gasteiger partial charge is 0.480 e. The lowest BCUT2D eigenvalue weighted by atomic mass is 10.2. The van der Waals surface area contributed by atoms with E-state index in [0.29, 0.717) is 18.7 Å². The summed E-state index contributed by atoms with van der Waals surface area (Å²) in [5, 5.41) is 9.04. The van der Waals surface area contributed by atoms with Gasteiger partial charge in [0.05, 0.1) is 6.54 Å². The fourth-order valence-electron chi connectivity index (χ4n) is 1.89. The maximum atomic E-state index is 12.1. The van der Waals surface area contributed by atoms with Crippen molar-refractivity contribution >= 4 is 12.0 Å². The molecule has 0 fully saturated rings. The normalized spacial score (nSPS) is 12.0. The third kappa shape index (κ3) is 3.74. The van der Waals surface area contributed by atoms with Gasteiger partial charge in [-0.1, -0.05) is 6.92 Å². The van der Waals surface area contributed by atoms with Crippen molar-refractivity contribution in [3.05, 3.63) is 23.7 Å². The Morgan fingerprint density at radius 2 is 2.00 bits per heavy atom. The van der Waals surface area contributed by atoms with E-state index in [0.717, 1.165) is 5.76 Å². The van der Waals surface area contributed by atoms with Crippen LogP contribution in [0.1, 0.15) is 24.9 Å². The zero-order valence-electron chi connectivity index (χ0n) is 11.7. The highest BCUT2D eigenvalue weighted by Crippen LogP contribution is 2.11. The molecule has 1 aromatic rings. The van der Waals surface area contributed by atoms with Crippen LogP contribution in [0, 0.1) is 6.92 Å². The van der Waals surface area contributed by atoms with Crippen molar-refractivity contribution in [2.75, 3.05) is 14.1 Å². The molecule has 2 amide bonds. The van der Waals surface area contributed by atoms with E-state index in [9.17, 15) is 9.59 Å². The minimum absolute atomic E-state index is 0.313. The van der Waals surface area contributed by atoms with E-state index in [1.54, 1.807) is 20.0 Å². The molecule has 19 heavy (non-hydrogen) atoms. The summed E-state index contributed by atoms with van der Waals surface area (Å²) in [7, 11) is 3.11. The van der Waals surface area contributed by atoms with Gasteiger partial charge in [-0.15, -0.1) is 0 Å². The molecule has 1 unspecified atom stereocenters. The van der Waals surface area contributed by atoms with Crippen LogP contribution >= 0.6 is 0 Å². The van der Waals surface area contributed by atoms with Crippen LogP contribution in [0.25, 0.3) is 0 Å². The van der Waals surface area contributed by atoms with Crippen molar-refractivity contribution in [1.29, 1.82) is 0 Å². The van der Waals surface area contributed by atoms with Gasteiger partial charge in [0.25, 0.3) is 0 Å². The van der Waals surface area contributed by atoms with Crippen LogP contribution in [-0.4, -0.2) is 47.0 Å². The van der Waals surface area contributed by atoms with Crippen LogP contribution in [0.5, 0.6) is 0 Å². The zero-order valence-corrected chi connectivity index (χ0v) is 11.7. The van der Waals surface area contributed by atoms with Gasteiger partial charge >= 0.3 is 12.0 Å². The second-order valence-electron chi connectivity index (χ2n) is 4.52. The Kier molecular flexibility index (Phi) is 4.97. The number of hydrogen-bond donors (Lipinski definition) is 1. The molecule has 1 heterocycles. The number of carbonyl (C=O) groups is 2. The summed E-state index contributed by atoms with van der Waals surface area (Å²) < 4.78 is 5.39. The third-order valence-electron chi connectivity index (χ3n) is 2.96. The molecule has 1 aromatic heterocycles. The number of urea groups is 1. The molecule has 0 spiro atoms. The smallest absolute Gasteiger partial charge is 0.326 e. The van der Waals surface area contributed by atoms with Gasteiger partial charge in [0, 0.05) is 14.1 Å². The number of carboxylic acids is 1. The molecule has 1 atom stereocenters. The quantitative estimate of drug-likeness (QED) is 0.885. The Bertz CT molecular complexity index is 455. The van der Waals surface area contributed by atoms with Crippen LogP contribution < -0.4 is 0 Å². The molecule has 6 heteroatoms. The SMILES string of the molecule is CCC(C(=O)O)N(C)C(=O)N(C)Cc1ccc(C)o1. The first kappa shape index (κ1) is 15.1. The number of rotatable bonds is 5. The molecule has 6 nitrogen and oxygen atoms in total. The van der Waals surface area contributed by atoms with Gasteiger partial charge in [-0.25, -0.2) is 9.59 Å². The van der Waals surface area contributed by atoms with Crippen molar-refractivity contribution in [3.63, 3.8) is 0 Å². The highest BCUT2D eigenvalue weighted by atomic mass is 16.4. The zero-order chi connectivity index (χ0) is 14.6. The molecule has 1 N–H and O–H groups in total. The fourth-order valence-corrected chi connectivity index (χ4v) is 1.89. The van der Waals surface area contributed by atoms with Crippen LogP contribution in [0.3, 0.4) is 0 Å². The number of carbonyl (C=O) groups excluding carboxylic acids is 1. The maximum absolute atomic E-state index is 12.1. The van der Waals surface area contributed by atoms with E-state index in [2.05, 4.69) is 0 Å². The minimum Gasteiger partial charge on any atom is -0.480 e. The summed E-state index contributed by atoms with van der Waals surface area (Å²) >= 11 is 0. The predicted octanol–water partition coefficient (Wildman–Crippen LogP) is 1.93. The highest BCUT2D eigenvalue weighted by molar-refractivity contribution is 5.82. The molecule has 106 valence electrons. The number of furan rings is 1. The molecule has 1 rings (SSSR count). The van der Waals surface area contributed by atoms with E-state index < -0.39 is 12.0 Å². The van der Waals surface area contributed by atoms with Crippen molar-refractivity contribution < 1.29 is 19.1 Å². The Morgan fingerprint density at radius 3 is 2.42 bits per heavy atom. The molecule has 0 aliphatic heterocycles. The molecule has 0 aliphatic carbocycles. The Hall–Kier alpha value is -1.98. The standard InChI is InChI=1S/C13H20N2O4/c1-5-11(12(16)17)15(4)13(18)14(3)8-10-7-6-9(2)19-10/h6-7,11H,5,8H2,1-4H3,(H,16,17). The highest BCUT2D eigenvalue weighted by Gasteiger charge is 2.27. The van der Waals surface area contributed by atoms with Gasteiger partial charge in [0.15, 0.2) is 0 Å². The van der Waals surface area contributed by atoms with Crippen molar-refractivity contribution in [1.82, 2.24) is 9.80 Å². The molecule has 0 radical (unpaired) electrons. The number of nitrogens with zero attached hydrogens (tertiary/aromatic N) is 2. The van der Waals surface area contributed by atoms with Crippen LogP contribution in [0.15, 0.2) is 16.5 Å². The average Bonchev–Trinajstić information content (AvgIpc) is 2.73. The number of likely N-dealkylation sites (N-methyl/N-ethyl adjacent to an activating group) is 1. The molecule has 0 saturated carbocycles. The van der Waals surface area contributed by atoms with E-state index in [-0.39, 0.29) is 6.03 Å². The molecule has 0 aromatic carbocycles. The van der Waals surface area contributed by atoms with Gasteiger partial charge in [0.1, 0.15) is 17.6 Å². The first-order valence-corrected chi connectivity index (χ1v) is 6.12. The molecule has 0 aliphatic rings. The van der Waals surface area contributed by atoms with Crippen LogP contribution in [0.2, 0.25) is 0 Å². The summed E-state index contributed by atoms with van der Waals surface area (Å²) in [6, 6.07) is 2.47. The number of aryl methyl sites for hydroxylation is 1. The molecule has 0 bridgehead atoms. The number of hydrogen-bond acceptors (Lipinski definition) is 3. The topological polar surface area (TPSA) is 74.0 Å². The van der Waals surface area contributed by atoms with Gasteiger partial charge in [-0.3, -0.25) is 0 Å². The predicted molar refractivity (Wildman–Crippen MR) is 69.8 cm³/mol. The minimum atomic E-state index is -0.999. The first-order chi connectivity index (χ1) is 8.86. The maximum Gasteiger partial charge on any atom is 0.326 e. The molecular formula is C13H20N2O4. The van der Waals surface area contributed by atoms with Gasteiger partial charge < -0.3 is 19.3 Å². The first-order valence-electron chi connectivity index (χ1n) is 6.12. The fraction of sp³-hybridized carbons (Fsp3) is 0.538. The second kappa shape index (κ2) is 6.26. The Labute approximate surface area is 112 Å². The van der Waals surface area contributed by atoms with Gasteiger partial charge in [0.2, 0.25) is 0 Å². The summed E-state index contributed by atoms with van der Waals surface area (Å²) in [6.07, 6.45) is 0.366. The second-order valence-corrected chi connectivity index (χ2v) is 4.52. The van der Waals surface area contributed by atoms with Crippen LogP contribution in [-0.2, 0) is 11.3 Å². The van der Waals surface area contributed by atoms with Crippen molar-refractivity contribution in [2.24, 2.45) is 0 Å². The summed E-state index contributed by atoms with van der Waals surface area (Å²) in [5.41, 5.74) is 0. The lowest BCUT2D eigenvalue weighted by molar-refractivity contribution is -0.142. The molecular weight excluding hydrogens is 248 g/mol. The van der Waals surface area contributed by atoms with Crippen molar-refractivity contribution in [3.8, 4) is 0 Å². The number of amides is 2. The van der Waals surface area contributed by atoms with E-state index >= 15 is 0 Å². The Morgan fingerprint density at radius 1 is 1.37 bits per heavy atom. The third-order valence-corrected chi connectivity index (χ3v) is 2.96. The van der Waals surface area contributed by atoms with E-state index in [4.69, 9.17) is 9.52 Å². The lowest BCUT2D eigenvalue weighted by Crippen LogP contribution is -2.47. The number of carboxylic acid groups (broad SMARTS) is 1. The molecule has 0 saturated heterocycles. The lowest BCUT2D eigenvalue weighted by Gasteiger charge is -2.28. The number of aliphatic carboxylic acids is 1. The van der Waals surface area contributed by atoms with Crippen LogP contribution in [0.4, 0.5) is 4.79 Å². The summed E-state index contributed by atoms with van der Waals surface area (Å²) in [4.78, 5) is 25.8. The monoisotopic (exact) mass is 268 g/mol. The average molecular weight is 268 g/mol. The van der Waals surface area contributed by atoms with E-state index in [1.807, 2.05) is 13.0 Å². The summed E-state index contributed by atoms with van der Waals surface area (Å²) in [5.74, 6) is 0.451. The van der Waals surface area contributed by atoms with Gasteiger partial charge in [-0.2, -0.15) is 0 Å². The van der Waals surface area contributed by atoms with Gasteiger partial charge in [-0.05, 0) is 25.5 Å². The summed E-state index contributed by atoms with van der Waals surface area (Å²) in [6.45, 7) is 3.88. The Balaban J connectivity index is 2.68. The van der Waals surface area contributed by atoms with E-state index in [1.165, 1.54) is 16.8 Å².